The topological polar surface area (TPSA) is 85.8 Å². The lowest BCUT2D eigenvalue weighted by Gasteiger charge is -2.27. The molecule has 7 nitrogen and oxygen atoms in total. The average molecular weight is 526 g/mol. The Labute approximate surface area is 215 Å². The molecule has 4 aromatic rings. The van der Waals surface area contributed by atoms with Gasteiger partial charge in [-0.05, 0) is 54.2 Å². The maximum atomic E-state index is 14.6. The molecule has 3 atom stereocenters. The smallest absolute Gasteiger partial charge is 0.173 e. The Bertz CT molecular complexity index is 1400. The van der Waals surface area contributed by atoms with Crippen molar-refractivity contribution in [3.05, 3.63) is 83.5 Å². The predicted molar refractivity (Wildman–Crippen MR) is 133 cm³/mol. The van der Waals surface area contributed by atoms with Crippen molar-refractivity contribution in [2.75, 3.05) is 24.5 Å². The van der Waals surface area contributed by atoms with Crippen molar-refractivity contribution in [2.45, 2.75) is 21.8 Å². The number of hydrogen-bond donors (Lipinski definition) is 1. The molecule has 0 bridgehead atoms. The summed E-state index contributed by atoms with van der Waals surface area (Å²) in [6.45, 7) is 1.71. The first-order valence-electron chi connectivity index (χ1n) is 11.6. The van der Waals surface area contributed by atoms with Crippen LogP contribution in [0.15, 0.2) is 71.2 Å². The molecule has 3 aromatic heterocycles. The fraction of sp³-hybridized carbons (Fsp3) is 0.280. The molecule has 0 spiro atoms. The highest BCUT2D eigenvalue weighted by molar-refractivity contribution is 7.99. The Balaban J connectivity index is 1.18. The summed E-state index contributed by atoms with van der Waals surface area (Å²) in [6.07, 6.45) is 9.41. The van der Waals surface area contributed by atoms with Gasteiger partial charge in [-0.25, -0.2) is 28.4 Å². The number of nitrogens with zero attached hydrogens (tertiary/aromatic N) is 6. The van der Waals surface area contributed by atoms with E-state index in [1.165, 1.54) is 23.9 Å². The molecule has 2 N–H and O–H groups in total. The molecule has 0 amide bonds. The van der Waals surface area contributed by atoms with E-state index in [9.17, 15) is 8.78 Å². The molecule has 1 saturated heterocycles. The Morgan fingerprint density at radius 1 is 1.11 bits per heavy atom. The van der Waals surface area contributed by atoms with Crippen LogP contribution in [0.2, 0.25) is 5.02 Å². The third-order valence-corrected chi connectivity index (χ3v) is 8.77. The van der Waals surface area contributed by atoms with Crippen LogP contribution in [0, 0.1) is 23.5 Å². The molecular formula is C25H22ClF2N7S. The molecule has 4 heterocycles. The Kier molecular flexibility index (Phi) is 5.89. The second-order valence-corrected chi connectivity index (χ2v) is 10.5. The predicted octanol–water partition coefficient (Wildman–Crippen LogP) is 4.49. The molecule has 11 heteroatoms. The van der Waals surface area contributed by atoms with Gasteiger partial charge in [-0.2, -0.15) is 5.10 Å². The summed E-state index contributed by atoms with van der Waals surface area (Å²) in [5, 5.41) is 5.37. The SMILES string of the molecule is NC[C@]1(c2cc(F)ccc2F)[C@@H]2CCN(c3cnc(Sc4ccnc(-n5cccn5)c4Cl)cn3)C[C@@H]21. The minimum absolute atomic E-state index is 0.139. The monoisotopic (exact) mass is 525 g/mol. The maximum absolute atomic E-state index is 14.6. The first-order valence-corrected chi connectivity index (χ1v) is 12.8. The standard InChI is InChI=1S/C25H22ClF2N7S/c26-23-20(4-7-30-24(23)35-8-1-6-33-35)36-22-12-31-21(11-32-22)34-9-5-16-18(13-34)25(16,14-29)17-10-15(27)2-3-19(17)28/h1-4,6-8,10-12,16,18H,5,9,13-14,29H2/t16-,18+,25-/m1/s1. The van der Waals surface area contributed by atoms with Crippen LogP contribution in [0.25, 0.3) is 5.82 Å². The zero-order valence-electron chi connectivity index (χ0n) is 19.1. The van der Waals surface area contributed by atoms with Gasteiger partial charge in [0.25, 0.3) is 0 Å². The number of hydrogen-bond acceptors (Lipinski definition) is 7. The van der Waals surface area contributed by atoms with E-state index in [4.69, 9.17) is 17.3 Å². The number of pyridine rings is 1. The molecule has 1 aromatic carbocycles. The van der Waals surface area contributed by atoms with E-state index in [2.05, 4.69) is 25.0 Å². The summed E-state index contributed by atoms with van der Waals surface area (Å²) in [6, 6.07) is 7.27. The molecular weight excluding hydrogens is 504 g/mol. The second-order valence-electron chi connectivity index (χ2n) is 9.03. The fourth-order valence-corrected chi connectivity index (χ4v) is 6.60. The second kappa shape index (κ2) is 9.10. The normalized spacial score (nSPS) is 22.9. The maximum Gasteiger partial charge on any atom is 0.173 e. The summed E-state index contributed by atoms with van der Waals surface area (Å²) in [5.41, 5.74) is 6.01. The van der Waals surface area contributed by atoms with Gasteiger partial charge in [-0.3, -0.25) is 0 Å². The molecule has 1 aliphatic carbocycles. The molecule has 1 saturated carbocycles. The molecule has 184 valence electrons. The number of fused-ring (bicyclic) bond motifs is 1. The van der Waals surface area contributed by atoms with E-state index in [1.54, 1.807) is 41.7 Å². The van der Waals surface area contributed by atoms with Gasteiger partial charge < -0.3 is 10.6 Å². The van der Waals surface area contributed by atoms with Crippen molar-refractivity contribution in [3.8, 4) is 5.82 Å². The van der Waals surface area contributed by atoms with Crippen molar-refractivity contribution in [3.63, 3.8) is 0 Å². The quantitative estimate of drug-likeness (QED) is 0.397. The van der Waals surface area contributed by atoms with Gasteiger partial charge in [0, 0.05) is 48.5 Å². The number of halogens is 3. The van der Waals surface area contributed by atoms with E-state index < -0.39 is 17.0 Å². The number of anilines is 1. The van der Waals surface area contributed by atoms with Crippen LogP contribution in [0.1, 0.15) is 12.0 Å². The number of aromatic nitrogens is 5. The van der Waals surface area contributed by atoms with Gasteiger partial charge in [-0.1, -0.05) is 23.4 Å². The molecule has 1 aliphatic heterocycles. The van der Waals surface area contributed by atoms with E-state index >= 15 is 0 Å². The number of nitrogens with two attached hydrogens (primary N) is 1. The number of rotatable bonds is 6. The van der Waals surface area contributed by atoms with Crippen LogP contribution >= 0.6 is 23.4 Å². The largest absolute Gasteiger partial charge is 0.355 e. The van der Waals surface area contributed by atoms with Crippen LogP contribution in [-0.4, -0.2) is 44.4 Å². The Hall–Kier alpha value is -3.08. The third-order valence-electron chi connectivity index (χ3n) is 7.30. The van der Waals surface area contributed by atoms with Gasteiger partial charge in [0.2, 0.25) is 0 Å². The van der Waals surface area contributed by atoms with Crippen molar-refractivity contribution in [1.82, 2.24) is 24.7 Å². The van der Waals surface area contributed by atoms with Gasteiger partial charge in [-0.15, -0.1) is 0 Å². The van der Waals surface area contributed by atoms with Crippen LogP contribution in [0.3, 0.4) is 0 Å². The van der Waals surface area contributed by atoms with Crippen molar-refractivity contribution in [1.29, 1.82) is 0 Å². The van der Waals surface area contributed by atoms with Gasteiger partial charge in [0.1, 0.15) is 22.5 Å². The van der Waals surface area contributed by atoms with E-state index in [-0.39, 0.29) is 18.4 Å². The Morgan fingerprint density at radius 3 is 2.75 bits per heavy atom. The number of benzene rings is 1. The lowest BCUT2D eigenvalue weighted by Crippen LogP contribution is -2.32. The highest BCUT2D eigenvalue weighted by Gasteiger charge is 2.66. The van der Waals surface area contributed by atoms with E-state index in [0.717, 1.165) is 29.7 Å². The fourth-order valence-electron chi connectivity index (χ4n) is 5.54. The summed E-state index contributed by atoms with van der Waals surface area (Å²) in [5.74, 6) is 0.824. The summed E-state index contributed by atoms with van der Waals surface area (Å²) < 4.78 is 30.2. The summed E-state index contributed by atoms with van der Waals surface area (Å²) in [4.78, 5) is 16.5. The van der Waals surface area contributed by atoms with Crippen LogP contribution in [0.5, 0.6) is 0 Å². The van der Waals surface area contributed by atoms with Gasteiger partial charge in [0.15, 0.2) is 5.82 Å². The first-order chi connectivity index (χ1) is 17.5. The van der Waals surface area contributed by atoms with Crippen LogP contribution in [0.4, 0.5) is 14.6 Å². The lowest BCUT2D eigenvalue weighted by molar-refractivity contribution is 0.523. The first kappa shape index (κ1) is 23.3. The molecule has 0 unspecified atom stereocenters. The van der Waals surface area contributed by atoms with Crippen LogP contribution in [-0.2, 0) is 5.41 Å². The van der Waals surface area contributed by atoms with Gasteiger partial charge in [0.05, 0.1) is 17.4 Å². The van der Waals surface area contributed by atoms with Crippen LogP contribution < -0.4 is 10.6 Å². The average Bonchev–Trinajstić information content (AvgIpc) is 3.22. The minimum atomic E-state index is -0.533. The van der Waals surface area contributed by atoms with E-state index in [0.29, 0.717) is 28.0 Å². The molecule has 6 rings (SSSR count). The zero-order valence-corrected chi connectivity index (χ0v) is 20.6. The summed E-state index contributed by atoms with van der Waals surface area (Å²) >= 11 is 7.97. The Morgan fingerprint density at radius 2 is 2.00 bits per heavy atom. The minimum Gasteiger partial charge on any atom is -0.355 e. The highest BCUT2D eigenvalue weighted by Crippen LogP contribution is 2.63. The molecule has 0 radical (unpaired) electrons. The lowest BCUT2D eigenvalue weighted by atomic mass is 9.90. The van der Waals surface area contributed by atoms with Crippen molar-refractivity contribution in [2.24, 2.45) is 17.6 Å². The molecule has 2 fully saturated rings. The summed E-state index contributed by atoms with van der Waals surface area (Å²) in [7, 11) is 0. The van der Waals surface area contributed by atoms with Crippen molar-refractivity contribution >= 4 is 29.2 Å². The van der Waals surface area contributed by atoms with E-state index in [1.807, 2.05) is 6.07 Å². The van der Waals surface area contributed by atoms with Crippen molar-refractivity contribution < 1.29 is 8.78 Å². The third kappa shape index (κ3) is 3.84. The molecule has 2 aliphatic rings. The number of piperidine rings is 1. The highest BCUT2D eigenvalue weighted by atomic mass is 35.5. The molecule has 36 heavy (non-hydrogen) atoms. The van der Waals surface area contributed by atoms with Gasteiger partial charge >= 0.3 is 0 Å². The zero-order chi connectivity index (χ0) is 24.9.